The number of hydrogen-bond donors (Lipinski definition) is 8. The third-order valence-electron chi connectivity index (χ3n) is 8.51. The second-order valence-electron chi connectivity index (χ2n) is 11.7. The van der Waals surface area contributed by atoms with Crippen molar-refractivity contribution in [3.8, 4) is 0 Å². The molecule has 0 aromatic carbocycles. The van der Waals surface area contributed by atoms with Gasteiger partial charge in [-0.3, -0.25) is 4.79 Å². The molecule has 9 N–H and O–H groups in total. The molecular weight excluding hydrogens is 500 g/mol. The normalized spacial score (nSPS) is 47.2. The van der Waals surface area contributed by atoms with E-state index in [4.69, 9.17) is 24.7 Å². The zero-order valence-electron chi connectivity index (χ0n) is 22.7. The Hall–Kier alpha value is -0.970. The number of likely N-dealkylation sites (N-methyl/N-ethyl adjacent to an activating group) is 1. The second kappa shape index (κ2) is 11.9. The molecule has 3 heterocycles. The maximum atomic E-state index is 12.9. The van der Waals surface area contributed by atoms with Crippen LogP contribution in [0.4, 0.5) is 0 Å². The van der Waals surface area contributed by atoms with E-state index in [1.807, 2.05) is 13.8 Å². The van der Waals surface area contributed by atoms with Crippen LogP contribution in [0, 0.1) is 5.92 Å². The van der Waals surface area contributed by atoms with Crippen LogP contribution in [-0.4, -0.2) is 126 Å². The number of aliphatic hydroxyl groups excluding tert-OH is 2. The van der Waals surface area contributed by atoms with Gasteiger partial charge in [-0.15, -0.1) is 0 Å². The Bertz CT molecular complexity index is 816. The van der Waals surface area contributed by atoms with Crippen molar-refractivity contribution in [1.82, 2.24) is 16.0 Å². The highest BCUT2D eigenvalue weighted by atomic mass is 16.7. The SMILES string of the molecule is CC[C@@H]1CCC(N)[C@@H](OC2C(O)C(O[C@H]3OCC(C)(O)[C@H](NC)C3O)[C@H](NC(=O)C3(O)CNC3)C[C@@H]2C)O1. The number of amides is 1. The minimum absolute atomic E-state index is 0.0174. The maximum Gasteiger partial charge on any atom is 0.254 e. The van der Waals surface area contributed by atoms with Crippen LogP contribution < -0.4 is 21.7 Å². The quantitative estimate of drug-likeness (QED) is 0.157. The molecule has 4 aliphatic rings. The molecule has 0 aromatic heterocycles. The maximum absolute atomic E-state index is 12.9. The summed E-state index contributed by atoms with van der Waals surface area (Å²) in [5.41, 5.74) is 3.40. The summed E-state index contributed by atoms with van der Waals surface area (Å²) in [6, 6.07) is -1.83. The highest BCUT2D eigenvalue weighted by Crippen LogP contribution is 2.35. The van der Waals surface area contributed by atoms with Gasteiger partial charge in [-0.05, 0) is 45.6 Å². The van der Waals surface area contributed by atoms with Crippen LogP contribution in [-0.2, 0) is 23.7 Å². The number of ether oxygens (including phenoxy) is 4. The number of hydrogen-bond acceptors (Lipinski definition) is 12. The number of nitrogens with two attached hydrogens (primary N) is 1. The lowest BCUT2D eigenvalue weighted by atomic mass is 9.79. The summed E-state index contributed by atoms with van der Waals surface area (Å²) in [6.07, 6.45) is -3.45. The Morgan fingerprint density at radius 3 is 2.42 bits per heavy atom. The zero-order valence-corrected chi connectivity index (χ0v) is 22.7. The smallest absolute Gasteiger partial charge is 0.254 e. The van der Waals surface area contributed by atoms with Crippen molar-refractivity contribution in [3.63, 3.8) is 0 Å². The highest BCUT2D eigenvalue weighted by Gasteiger charge is 2.53. The molecular formula is C25H46N4O9. The Balaban J connectivity index is 1.53. The van der Waals surface area contributed by atoms with E-state index in [-0.39, 0.29) is 37.8 Å². The molecule has 4 fully saturated rings. The summed E-state index contributed by atoms with van der Waals surface area (Å²) < 4.78 is 24.1. The van der Waals surface area contributed by atoms with Crippen molar-refractivity contribution in [2.24, 2.45) is 11.7 Å². The molecule has 3 saturated heterocycles. The van der Waals surface area contributed by atoms with Gasteiger partial charge >= 0.3 is 0 Å². The number of rotatable bonds is 8. The molecule has 1 saturated carbocycles. The minimum atomic E-state index is -1.54. The molecule has 0 spiro atoms. The number of carbonyl (C=O) groups excluding carboxylic acids is 1. The standard InChI is InChI=1S/C25H46N4O9/c1-5-13-6-7-14(26)21(36-13)37-18-12(2)8-15(29-23(32)25(34)9-28-10-25)19(16(18)30)38-22-17(31)20(27-4)24(3,33)11-35-22/h12-22,27-28,30-31,33-34H,5-11,26H2,1-4H3,(H,29,32)/t12-,13+,14?,15+,16?,17?,18?,19?,20+,21+,22+,24?/m0/s1. The Morgan fingerprint density at radius 2 is 1.82 bits per heavy atom. The van der Waals surface area contributed by atoms with E-state index < -0.39 is 66.2 Å². The molecule has 220 valence electrons. The molecule has 0 radical (unpaired) electrons. The van der Waals surface area contributed by atoms with Crippen molar-refractivity contribution in [2.75, 3.05) is 26.7 Å². The van der Waals surface area contributed by atoms with E-state index in [0.717, 1.165) is 19.3 Å². The monoisotopic (exact) mass is 546 g/mol. The largest absolute Gasteiger partial charge is 0.388 e. The fraction of sp³-hybridized carbons (Fsp3) is 0.960. The molecule has 1 aliphatic carbocycles. The fourth-order valence-corrected chi connectivity index (χ4v) is 5.97. The van der Waals surface area contributed by atoms with Crippen molar-refractivity contribution in [3.05, 3.63) is 0 Å². The Labute approximate surface area is 223 Å². The van der Waals surface area contributed by atoms with Gasteiger partial charge in [-0.25, -0.2) is 0 Å². The predicted molar refractivity (Wildman–Crippen MR) is 135 cm³/mol. The van der Waals surface area contributed by atoms with Gasteiger partial charge in [-0.1, -0.05) is 13.8 Å². The van der Waals surface area contributed by atoms with Gasteiger partial charge in [0.15, 0.2) is 18.2 Å². The Kier molecular flexibility index (Phi) is 9.37. The van der Waals surface area contributed by atoms with Crippen LogP contribution in [0.2, 0.25) is 0 Å². The molecule has 13 heteroatoms. The van der Waals surface area contributed by atoms with Gasteiger partial charge in [-0.2, -0.15) is 0 Å². The van der Waals surface area contributed by atoms with Crippen LogP contribution >= 0.6 is 0 Å². The number of nitrogens with one attached hydrogen (secondary N) is 3. The van der Waals surface area contributed by atoms with Crippen molar-refractivity contribution >= 4 is 5.91 Å². The fourth-order valence-electron chi connectivity index (χ4n) is 5.97. The van der Waals surface area contributed by atoms with Crippen molar-refractivity contribution in [1.29, 1.82) is 0 Å². The highest BCUT2D eigenvalue weighted by molar-refractivity contribution is 5.87. The van der Waals surface area contributed by atoms with E-state index >= 15 is 0 Å². The molecule has 6 unspecified atom stereocenters. The van der Waals surface area contributed by atoms with Crippen molar-refractivity contribution < 1.29 is 44.2 Å². The molecule has 38 heavy (non-hydrogen) atoms. The average molecular weight is 547 g/mol. The van der Waals surface area contributed by atoms with E-state index in [0.29, 0.717) is 6.42 Å². The Morgan fingerprint density at radius 1 is 1.13 bits per heavy atom. The molecule has 4 rings (SSSR count). The number of aliphatic hydroxyl groups is 4. The molecule has 3 aliphatic heterocycles. The van der Waals surface area contributed by atoms with E-state index in [9.17, 15) is 25.2 Å². The van der Waals surface area contributed by atoms with Gasteiger partial charge in [0.1, 0.15) is 23.9 Å². The average Bonchev–Trinajstić information content (AvgIpc) is 2.84. The third-order valence-corrected chi connectivity index (χ3v) is 8.51. The first-order valence-corrected chi connectivity index (χ1v) is 13.7. The van der Waals surface area contributed by atoms with Crippen LogP contribution in [0.5, 0.6) is 0 Å². The van der Waals surface area contributed by atoms with E-state index in [2.05, 4.69) is 16.0 Å². The van der Waals surface area contributed by atoms with Crippen LogP contribution in [0.3, 0.4) is 0 Å². The molecule has 12 atom stereocenters. The van der Waals surface area contributed by atoms with Gasteiger partial charge in [0, 0.05) is 13.1 Å². The van der Waals surface area contributed by atoms with Crippen LogP contribution in [0.1, 0.15) is 46.5 Å². The van der Waals surface area contributed by atoms with Crippen molar-refractivity contribution in [2.45, 2.75) is 119 Å². The summed E-state index contributed by atoms with van der Waals surface area (Å²) in [5.74, 6) is -0.803. The molecule has 13 nitrogen and oxygen atoms in total. The topological polar surface area (TPSA) is 197 Å². The first kappa shape index (κ1) is 30.0. The number of carbonyl (C=O) groups is 1. The first-order valence-electron chi connectivity index (χ1n) is 13.7. The molecule has 0 aromatic rings. The van der Waals surface area contributed by atoms with Gasteiger partial charge in [0.25, 0.3) is 5.91 Å². The van der Waals surface area contributed by atoms with Gasteiger partial charge in [0.05, 0.1) is 36.9 Å². The molecule has 1 amide bonds. The van der Waals surface area contributed by atoms with Gasteiger partial charge in [0.2, 0.25) is 0 Å². The summed E-state index contributed by atoms with van der Waals surface area (Å²) in [4.78, 5) is 12.9. The second-order valence-corrected chi connectivity index (χ2v) is 11.7. The number of β-amino-alcohol motifs (C(OH)–C–C–N with tert-alkyl or cyclic N) is 1. The lowest BCUT2D eigenvalue weighted by molar-refractivity contribution is -0.311. The van der Waals surface area contributed by atoms with Gasteiger partial charge < -0.3 is 61.1 Å². The summed E-state index contributed by atoms with van der Waals surface area (Å²) in [7, 11) is 1.61. The summed E-state index contributed by atoms with van der Waals surface area (Å²) in [6.45, 7) is 5.60. The third kappa shape index (κ3) is 6.03. The van der Waals surface area contributed by atoms with Crippen LogP contribution in [0.25, 0.3) is 0 Å². The van der Waals surface area contributed by atoms with Crippen LogP contribution in [0.15, 0.2) is 0 Å². The zero-order chi connectivity index (χ0) is 27.8. The lowest BCUT2D eigenvalue weighted by Gasteiger charge is -2.49. The van der Waals surface area contributed by atoms with E-state index in [1.165, 1.54) is 0 Å². The minimum Gasteiger partial charge on any atom is -0.388 e. The lowest BCUT2D eigenvalue weighted by Crippen LogP contribution is -2.71. The molecule has 0 bridgehead atoms. The summed E-state index contributed by atoms with van der Waals surface area (Å²) >= 11 is 0. The summed E-state index contributed by atoms with van der Waals surface area (Å²) in [5, 5.41) is 52.3. The first-order chi connectivity index (χ1) is 17.9. The predicted octanol–water partition coefficient (Wildman–Crippen LogP) is -2.72. The van der Waals surface area contributed by atoms with E-state index in [1.54, 1.807) is 14.0 Å².